The first-order chi connectivity index (χ1) is 21.4. The zero-order chi connectivity index (χ0) is 33.7. The van der Waals surface area contributed by atoms with E-state index in [1.165, 1.54) is 6.07 Å². The van der Waals surface area contributed by atoms with Crippen LogP contribution in [0.15, 0.2) is 49.2 Å². The predicted molar refractivity (Wildman–Crippen MR) is 174 cm³/mol. The fourth-order valence-electron chi connectivity index (χ4n) is 4.58. The Morgan fingerprint density at radius 2 is 1.80 bits per heavy atom. The van der Waals surface area contributed by atoms with Crippen molar-refractivity contribution >= 4 is 17.7 Å². The number of hydrogen-bond donors (Lipinski definition) is 3. The van der Waals surface area contributed by atoms with Crippen molar-refractivity contribution in [2.75, 3.05) is 38.1 Å². The van der Waals surface area contributed by atoms with Crippen LogP contribution in [0, 0.1) is 33.5 Å². The molecule has 0 radical (unpaired) electrons. The van der Waals surface area contributed by atoms with E-state index in [2.05, 4.69) is 33.7 Å². The lowest BCUT2D eigenvalue weighted by molar-refractivity contribution is -0.193. The van der Waals surface area contributed by atoms with Gasteiger partial charge in [-0.15, -0.1) is 6.58 Å². The average molecular weight is 624 g/mol. The summed E-state index contributed by atoms with van der Waals surface area (Å²) < 4.78 is 13.5. The maximum absolute atomic E-state index is 13.5. The molecule has 2 heterocycles. The summed E-state index contributed by atoms with van der Waals surface area (Å²) in [5.41, 5.74) is 2.76. The minimum absolute atomic E-state index is 0.108. The molecule has 1 aromatic heterocycles. The number of aromatic hydroxyl groups is 1. The van der Waals surface area contributed by atoms with Crippen LogP contribution in [0.2, 0.25) is 0 Å². The van der Waals surface area contributed by atoms with E-state index < -0.39 is 11.9 Å². The number of carboxylic acids is 1. The number of phenols is 1. The second kappa shape index (κ2) is 17.9. The number of halogens is 1. The Morgan fingerprint density at radius 1 is 1.09 bits per heavy atom. The number of nitrogens with one attached hydrogen (secondary N) is 1. The fraction of sp³-hybridized carbons (Fsp3) is 0.412. The minimum atomic E-state index is -1.30. The zero-order valence-electron chi connectivity index (χ0n) is 27.4. The van der Waals surface area contributed by atoms with Gasteiger partial charge in [0.05, 0.1) is 6.61 Å². The molecule has 0 aliphatic carbocycles. The summed E-state index contributed by atoms with van der Waals surface area (Å²) >= 11 is 0. The van der Waals surface area contributed by atoms with Crippen LogP contribution in [0.5, 0.6) is 5.75 Å². The maximum Gasteiger partial charge on any atom is 0.339 e. The first-order valence-electron chi connectivity index (χ1n) is 15.1. The highest BCUT2D eigenvalue weighted by atomic mass is 19.1. The molecule has 0 bridgehead atoms. The van der Waals surface area contributed by atoms with E-state index >= 15 is 0 Å². The first kappa shape index (κ1) is 37.0. The number of carbonyl (C=O) groups is 2. The lowest BCUT2D eigenvalue weighted by Crippen LogP contribution is -2.52. The number of carbonyl (C=O) groups excluding carboxylic acids is 1. The number of hydrogen-bond acceptors (Lipinski definition) is 8. The number of carboxylic acid groups (broad SMARTS) is 1. The highest BCUT2D eigenvalue weighted by molar-refractivity contribution is 6.07. The van der Waals surface area contributed by atoms with E-state index in [1.54, 1.807) is 46.0 Å². The molecule has 1 fully saturated rings. The molecule has 3 aromatic rings. The van der Waals surface area contributed by atoms with Crippen molar-refractivity contribution in [3.05, 3.63) is 94.2 Å². The fourth-order valence-corrected chi connectivity index (χ4v) is 4.58. The van der Waals surface area contributed by atoms with Gasteiger partial charge in [-0.2, -0.15) is 5.06 Å². The Hall–Kier alpha value is -4.19. The van der Waals surface area contributed by atoms with Gasteiger partial charge in [-0.1, -0.05) is 32.1 Å². The van der Waals surface area contributed by atoms with E-state index in [-0.39, 0.29) is 22.7 Å². The third-order valence-corrected chi connectivity index (χ3v) is 7.10. The summed E-state index contributed by atoms with van der Waals surface area (Å²) in [6.07, 6.45) is 4.24. The van der Waals surface area contributed by atoms with Crippen molar-refractivity contribution < 1.29 is 29.0 Å². The molecule has 2 aromatic carbocycles. The third kappa shape index (κ3) is 11.0. The standard InChI is InChI=1S/C17H25FN2O.C15H15N3O4.C2H6/c1-4-11-21-20-10-9-19(13-15(20)3)8-7-16-6-5-14(2)17(18)12-16;1-7-4-12(19)11(15(21)22)5-10(7)14(20)18-13-8(2)6-16-9(3)17-13;1-2/h4-6,12,15H,1,7-11,13H2,2-3H3;4-6,19H,1-3H3,(H,21,22)(H,16,17,18,20);1-2H3/t15-;;/m1../s1. The van der Waals surface area contributed by atoms with Gasteiger partial charge in [-0.3, -0.25) is 9.63 Å². The number of anilines is 1. The highest BCUT2D eigenvalue weighted by Gasteiger charge is 2.24. The van der Waals surface area contributed by atoms with Gasteiger partial charge < -0.3 is 20.4 Å². The van der Waals surface area contributed by atoms with E-state index in [0.717, 1.165) is 44.2 Å². The molecule has 10 nitrogen and oxygen atoms in total. The van der Waals surface area contributed by atoms with Crippen LogP contribution in [-0.4, -0.2) is 80.8 Å². The number of benzene rings is 2. The molecular weight excluding hydrogens is 577 g/mol. The van der Waals surface area contributed by atoms with Gasteiger partial charge >= 0.3 is 5.97 Å². The number of piperazine rings is 1. The van der Waals surface area contributed by atoms with Gasteiger partial charge in [0.2, 0.25) is 0 Å². The lowest BCUT2D eigenvalue weighted by Gasteiger charge is -2.38. The van der Waals surface area contributed by atoms with Crippen LogP contribution >= 0.6 is 0 Å². The Bertz CT molecular complexity index is 1470. The second-order valence-electron chi connectivity index (χ2n) is 10.6. The largest absolute Gasteiger partial charge is 0.507 e. The first-order valence-corrected chi connectivity index (χ1v) is 15.1. The zero-order valence-corrected chi connectivity index (χ0v) is 27.4. The van der Waals surface area contributed by atoms with Crippen LogP contribution in [-0.2, 0) is 11.3 Å². The molecule has 0 spiro atoms. The number of rotatable bonds is 9. The number of hydroxylamine groups is 2. The number of nitrogens with zero attached hydrogens (tertiary/aromatic N) is 4. The van der Waals surface area contributed by atoms with Crippen molar-refractivity contribution in [3.8, 4) is 5.75 Å². The van der Waals surface area contributed by atoms with Crippen molar-refractivity contribution in [1.29, 1.82) is 0 Å². The molecule has 45 heavy (non-hydrogen) atoms. The molecule has 4 rings (SSSR count). The molecule has 1 aliphatic rings. The summed E-state index contributed by atoms with van der Waals surface area (Å²) in [6, 6.07) is 8.29. The number of aryl methyl sites for hydroxylation is 4. The SMILES string of the molecule is C=CCON1CCN(CCc2ccc(C)c(F)c2)C[C@H]1C.CC.Cc1ncc(C)c(NC(=O)c2cc(C(=O)O)c(O)cc2C)n1. The summed E-state index contributed by atoms with van der Waals surface area (Å²) in [4.78, 5) is 39.6. The number of amides is 1. The summed E-state index contributed by atoms with van der Waals surface area (Å²) in [6.45, 7) is 21.1. The molecule has 1 aliphatic heterocycles. The van der Waals surface area contributed by atoms with Crippen molar-refractivity contribution in [1.82, 2.24) is 19.9 Å². The molecule has 0 saturated carbocycles. The third-order valence-electron chi connectivity index (χ3n) is 7.10. The van der Waals surface area contributed by atoms with Crippen LogP contribution < -0.4 is 5.32 Å². The summed E-state index contributed by atoms with van der Waals surface area (Å²) in [5.74, 6) is -1.42. The van der Waals surface area contributed by atoms with Crippen LogP contribution in [0.3, 0.4) is 0 Å². The summed E-state index contributed by atoms with van der Waals surface area (Å²) in [5, 5.41) is 23.3. The lowest BCUT2D eigenvalue weighted by atomic mass is 10.0. The Morgan fingerprint density at radius 3 is 2.42 bits per heavy atom. The molecule has 1 saturated heterocycles. The van der Waals surface area contributed by atoms with E-state index in [0.29, 0.717) is 41.0 Å². The molecule has 1 amide bonds. The van der Waals surface area contributed by atoms with Gasteiger partial charge in [0.25, 0.3) is 5.91 Å². The molecule has 1 atom stereocenters. The number of aromatic nitrogens is 2. The molecule has 0 unspecified atom stereocenters. The van der Waals surface area contributed by atoms with Crippen LogP contribution in [0.25, 0.3) is 0 Å². The van der Waals surface area contributed by atoms with Crippen molar-refractivity contribution in [2.24, 2.45) is 0 Å². The van der Waals surface area contributed by atoms with E-state index in [1.807, 2.05) is 31.0 Å². The van der Waals surface area contributed by atoms with Gasteiger partial charge in [0.1, 0.15) is 28.8 Å². The maximum atomic E-state index is 13.5. The molecule has 3 N–H and O–H groups in total. The Labute approximate surface area is 265 Å². The van der Waals surface area contributed by atoms with Crippen molar-refractivity contribution in [2.45, 2.75) is 60.9 Å². The normalized spacial score (nSPS) is 14.8. The monoisotopic (exact) mass is 623 g/mol. The van der Waals surface area contributed by atoms with E-state index in [4.69, 9.17) is 9.94 Å². The Balaban J connectivity index is 0.000000297. The summed E-state index contributed by atoms with van der Waals surface area (Å²) in [7, 11) is 0. The second-order valence-corrected chi connectivity index (χ2v) is 10.6. The highest BCUT2D eigenvalue weighted by Crippen LogP contribution is 2.23. The Kier molecular flexibility index (Phi) is 14.8. The number of aromatic carboxylic acids is 1. The smallest absolute Gasteiger partial charge is 0.339 e. The van der Waals surface area contributed by atoms with Gasteiger partial charge in [-0.05, 0) is 75.9 Å². The molecular formula is C34H46FN5O5. The van der Waals surface area contributed by atoms with Crippen LogP contribution in [0.4, 0.5) is 10.2 Å². The van der Waals surface area contributed by atoms with E-state index in [9.17, 15) is 19.1 Å². The molecule has 244 valence electrons. The van der Waals surface area contributed by atoms with Crippen LogP contribution in [0.1, 0.15) is 69.6 Å². The quantitative estimate of drug-likeness (QED) is 0.250. The average Bonchev–Trinajstić information content (AvgIpc) is 3.00. The topological polar surface area (TPSA) is 128 Å². The molecule has 11 heteroatoms. The predicted octanol–water partition coefficient (Wildman–Crippen LogP) is 5.88. The van der Waals surface area contributed by atoms with Crippen molar-refractivity contribution in [3.63, 3.8) is 0 Å². The van der Waals surface area contributed by atoms with Gasteiger partial charge in [-0.25, -0.2) is 19.2 Å². The van der Waals surface area contributed by atoms with Gasteiger partial charge in [0.15, 0.2) is 0 Å². The minimum Gasteiger partial charge on any atom is -0.507 e. The van der Waals surface area contributed by atoms with Gasteiger partial charge in [0, 0.05) is 49.5 Å².